The summed E-state index contributed by atoms with van der Waals surface area (Å²) in [7, 11) is -2.01. The van der Waals surface area contributed by atoms with Crippen molar-refractivity contribution in [3.05, 3.63) is 59.7 Å². The number of rotatable bonds is 9. The average Bonchev–Trinajstić information content (AvgIpc) is 2.67. The summed E-state index contributed by atoms with van der Waals surface area (Å²) in [5.41, 5.74) is 8.90. The summed E-state index contributed by atoms with van der Waals surface area (Å²) in [6, 6.07) is 14.5. The molecule has 7 nitrogen and oxygen atoms in total. The van der Waals surface area contributed by atoms with E-state index >= 15 is 0 Å². The number of aryl methyl sites for hydroxylation is 1. The van der Waals surface area contributed by atoms with E-state index in [0.717, 1.165) is 17.7 Å². The third kappa shape index (κ3) is 6.67. The van der Waals surface area contributed by atoms with Gasteiger partial charge in [-0.05, 0) is 41.8 Å². The van der Waals surface area contributed by atoms with Crippen molar-refractivity contribution < 1.29 is 13.2 Å². The number of methoxy groups -OCH3 is 1. The Morgan fingerprint density at radius 2 is 1.70 bits per heavy atom. The summed E-state index contributed by atoms with van der Waals surface area (Å²) in [5, 5.41) is 3.04. The van der Waals surface area contributed by atoms with Gasteiger partial charge < -0.3 is 15.8 Å². The van der Waals surface area contributed by atoms with Crippen molar-refractivity contribution in [1.82, 2.24) is 4.72 Å². The third-order valence-electron chi connectivity index (χ3n) is 3.90. The van der Waals surface area contributed by atoms with Crippen LogP contribution in [0.3, 0.4) is 0 Å². The largest absolute Gasteiger partial charge is 0.383 e. The number of nitrogens with two attached hydrogens (primary N) is 1. The zero-order valence-corrected chi connectivity index (χ0v) is 16.4. The summed E-state index contributed by atoms with van der Waals surface area (Å²) in [4.78, 5) is 4.49. The highest BCUT2D eigenvalue weighted by Gasteiger charge is 2.12. The van der Waals surface area contributed by atoms with Crippen molar-refractivity contribution >= 4 is 21.7 Å². The molecule has 0 spiro atoms. The first-order chi connectivity index (χ1) is 12.9. The van der Waals surface area contributed by atoms with Gasteiger partial charge in [-0.25, -0.2) is 18.1 Å². The number of aliphatic imine (C=N–C) groups is 1. The first kappa shape index (κ1) is 20.9. The second kappa shape index (κ2) is 10.1. The Balaban J connectivity index is 1.93. The van der Waals surface area contributed by atoms with Gasteiger partial charge in [0.1, 0.15) is 0 Å². The second-order valence-corrected chi connectivity index (χ2v) is 7.68. The highest BCUT2D eigenvalue weighted by atomic mass is 32.2. The Bertz CT molecular complexity index is 848. The van der Waals surface area contributed by atoms with Gasteiger partial charge in [-0.2, -0.15) is 0 Å². The van der Waals surface area contributed by atoms with Crippen LogP contribution in [0, 0.1) is 0 Å². The fraction of sp³-hybridized carbons (Fsp3) is 0.316. The van der Waals surface area contributed by atoms with Crippen molar-refractivity contribution in [2.75, 3.05) is 25.6 Å². The minimum atomic E-state index is -3.53. The average molecular weight is 391 g/mol. The van der Waals surface area contributed by atoms with E-state index in [9.17, 15) is 8.42 Å². The summed E-state index contributed by atoms with van der Waals surface area (Å²) in [6.07, 6.45) is 0.984. The van der Waals surface area contributed by atoms with Gasteiger partial charge in [0.15, 0.2) is 5.96 Å². The molecular weight excluding hydrogens is 364 g/mol. The van der Waals surface area contributed by atoms with Gasteiger partial charge >= 0.3 is 0 Å². The molecule has 0 aliphatic heterocycles. The maximum absolute atomic E-state index is 12.1. The molecule has 8 heteroatoms. The molecule has 0 fully saturated rings. The molecule has 27 heavy (non-hydrogen) atoms. The monoisotopic (exact) mass is 390 g/mol. The Hall–Kier alpha value is -2.42. The van der Waals surface area contributed by atoms with Crippen molar-refractivity contribution in [3.8, 4) is 0 Å². The number of benzene rings is 2. The molecule has 0 unspecified atom stereocenters. The van der Waals surface area contributed by atoms with Gasteiger partial charge in [-0.3, -0.25) is 0 Å². The molecule has 0 atom stereocenters. The van der Waals surface area contributed by atoms with Crippen LogP contribution in [0.25, 0.3) is 0 Å². The van der Waals surface area contributed by atoms with E-state index in [-0.39, 0.29) is 11.4 Å². The van der Waals surface area contributed by atoms with Gasteiger partial charge in [0.2, 0.25) is 10.0 Å². The van der Waals surface area contributed by atoms with Crippen LogP contribution in [0.1, 0.15) is 18.1 Å². The maximum Gasteiger partial charge on any atom is 0.240 e. The zero-order valence-electron chi connectivity index (χ0n) is 15.6. The van der Waals surface area contributed by atoms with Crippen LogP contribution in [-0.2, 0) is 27.7 Å². The highest BCUT2D eigenvalue weighted by Crippen LogP contribution is 2.12. The van der Waals surface area contributed by atoms with E-state index in [1.807, 2.05) is 24.3 Å². The Morgan fingerprint density at radius 1 is 1.07 bits per heavy atom. The number of sulfonamides is 1. The molecule has 2 aromatic rings. The number of anilines is 1. The number of ether oxygens (including phenoxy) is 1. The molecule has 0 saturated heterocycles. The van der Waals surface area contributed by atoms with E-state index in [1.54, 1.807) is 24.3 Å². The molecule has 0 aromatic heterocycles. The molecule has 0 amide bonds. The van der Waals surface area contributed by atoms with Gasteiger partial charge in [0.05, 0.1) is 18.0 Å². The molecule has 0 heterocycles. The van der Waals surface area contributed by atoms with Gasteiger partial charge in [-0.1, -0.05) is 31.2 Å². The predicted molar refractivity (Wildman–Crippen MR) is 108 cm³/mol. The molecule has 146 valence electrons. The lowest BCUT2D eigenvalue weighted by Crippen LogP contribution is -2.27. The van der Waals surface area contributed by atoms with Crippen LogP contribution in [0.4, 0.5) is 5.69 Å². The van der Waals surface area contributed by atoms with E-state index in [1.165, 1.54) is 12.7 Å². The zero-order chi connectivity index (χ0) is 19.7. The van der Waals surface area contributed by atoms with Crippen LogP contribution >= 0.6 is 0 Å². The van der Waals surface area contributed by atoms with E-state index < -0.39 is 10.0 Å². The molecule has 2 rings (SSSR count). The lowest BCUT2D eigenvalue weighted by molar-refractivity contribution is 0.204. The fourth-order valence-corrected chi connectivity index (χ4v) is 3.34. The van der Waals surface area contributed by atoms with E-state index in [2.05, 4.69) is 22.0 Å². The van der Waals surface area contributed by atoms with Crippen LogP contribution in [-0.4, -0.2) is 34.6 Å². The van der Waals surface area contributed by atoms with Crippen molar-refractivity contribution in [3.63, 3.8) is 0 Å². The van der Waals surface area contributed by atoms with E-state index in [0.29, 0.717) is 19.1 Å². The molecule has 4 N–H and O–H groups in total. The Kier molecular flexibility index (Phi) is 7.78. The first-order valence-electron chi connectivity index (χ1n) is 8.68. The topological polar surface area (TPSA) is 106 Å². The molecule has 0 saturated carbocycles. The molecule has 0 aliphatic carbocycles. The number of nitrogens with one attached hydrogen (secondary N) is 2. The first-order valence-corrected chi connectivity index (χ1v) is 10.2. The quantitative estimate of drug-likeness (QED) is 0.345. The Morgan fingerprint density at radius 3 is 2.30 bits per heavy atom. The molecule has 2 aromatic carbocycles. The smallest absolute Gasteiger partial charge is 0.240 e. The number of nitrogens with zero attached hydrogens (tertiary/aromatic N) is 1. The van der Waals surface area contributed by atoms with Crippen LogP contribution in [0.2, 0.25) is 0 Å². The summed E-state index contributed by atoms with van der Waals surface area (Å²) in [6.45, 7) is 3.00. The van der Waals surface area contributed by atoms with Crippen molar-refractivity contribution in [1.29, 1.82) is 0 Å². The lowest BCUT2D eigenvalue weighted by atomic mass is 10.1. The van der Waals surface area contributed by atoms with Gasteiger partial charge in [-0.15, -0.1) is 0 Å². The third-order valence-corrected chi connectivity index (χ3v) is 5.38. The minimum absolute atomic E-state index is 0.202. The van der Waals surface area contributed by atoms with Crippen molar-refractivity contribution in [2.45, 2.75) is 24.8 Å². The SMILES string of the molecule is CCc1ccc(NC(N)=NCc2ccc(S(=O)(=O)NCCOC)cc2)cc1. The van der Waals surface area contributed by atoms with Crippen LogP contribution in [0.15, 0.2) is 58.4 Å². The lowest BCUT2D eigenvalue weighted by Gasteiger charge is -2.08. The second-order valence-electron chi connectivity index (χ2n) is 5.91. The molecule has 0 bridgehead atoms. The summed E-state index contributed by atoms with van der Waals surface area (Å²) < 4.78 is 31.5. The summed E-state index contributed by atoms with van der Waals surface area (Å²) in [5.74, 6) is 0.303. The Labute approximate surface area is 160 Å². The van der Waals surface area contributed by atoms with Gasteiger partial charge in [0.25, 0.3) is 0 Å². The highest BCUT2D eigenvalue weighted by molar-refractivity contribution is 7.89. The minimum Gasteiger partial charge on any atom is -0.383 e. The van der Waals surface area contributed by atoms with Crippen molar-refractivity contribution in [2.24, 2.45) is 10.7 Å². The standard InChI is InChI=1S/C19H26N4O3S/c1-3-15-4-8-17(9-5-15)23-19(20)21-14-16-6-10-18(11-7-16)27(24,25)22-12-13-26-2/h4-11,22H,3,12-14H2,1-2H3,(H3,20,21,23). The number of hydrogen-bond acceptors (Lipinski definition) is 4. The fourth-order valence-electron chi connectivity index (χ4n) is 2.32. The molecular formula is C19H26N4O3S. The molecule has 0 aliphatic rings. The number of hydrogen-bond donors (Lipinski definition) is 3. The maximum atomic E-state index is 12.1. The van der Waals surface area contributed by atoms with Gasteiger partial charge in [0, 0.05) is 19.3 Å². The van der Waals surface area contributed by atoms with Crippen LogP contribution in [0.5, 0.6) is 0 Å². The predicted octanol–water partition coefficient (Wildman–Crippen LogP) is 2.10. The van der Waals surface area contributed by atoms with Crippen LogP contribution < -0.4 is 15.8 Å². The number of guanidine groups is 1. The normalized spacial score (nSPS) is 12.1. The molecule has 0 radical (unpaired) electrons. The van der Waals surface area contributed by atoms with E-state index in [4.69, 9.17) is 10.5 Å². The summed E-state index contributed by atoms with van der Waals surface area (Å²) >= 11 is 0.